The average molecular weight is 218 g/mol. The highest BCUT2D eigenvalue weighted by Gasteiger charge is 2.05. The molecule has 0 amide bonds. The lowest BCUT2D eigenvalue weighted by Gasteiger charge is -2.03. The Morgan fingerprint density at radius 3 is 2.81 bits per heavy atom. The highest BCUT2D eigenvalue weighted by Crippen LogP contribution is 2.04. The monoisotopic (exact) mass is 218 g/mol. The van der Waals surface area contributed by atoms with Gasteiger partial charge in [0.1, 0.15) is 0 Å². The third-order valence-corrected chi connectivity index (χ3v) is 2.29. The Labute approximate surface area is 93.5 Å². The van der Waals surface area contributed by atoms with Crippen LogP contribution < -0.4 is 5.73 Å². The summed E-state index contributed by atoms with van der Waals surface area (Å²) >= 11 is 0. The van der Waals surface area contributed by atoms with Gasteiger partial charge in [0.05, 0.1) is 0 Å². The van der Waals surface area contributed by atoms with Gasteiger partial charge in [0.25, 0.3) is 0 Å². The molecule has 0 saturated heterocycles. The SMILES string of the molecule is NCCCn1nnnc1Cc1ccncc1. The maximum atomic E-state index is 5.46. The van der Waals surface area contributed by atoms with E-state index in [0.29, 0.717) is 6.54 Å². The zero-order valence-corrected chi connectivity index (χ0v) is 8.95. The van der Waals surface area contributed by atoms with Crippen molar-refractivity contribution in [2.75, 3.05) is 6.54 Å². The van der Waals surface area contributed by atoms with E-state index in [2.05, 4.69) is 20.5 Å². The Balaban J connectivity index is 2.07. The number of aromatic nitrogens is 5. The quantitative estimate of drug-likeness (QED) is 0.764. The van der Waals surface area contributed by atoms with Gasteiger partial charge in [-0.3, -0.25) is 4.98 Å². The molecule has 0 fully saturated rings. The summed E-state index contributed by atoms with van der Waals surface area (Å²) in [6.45, 7) is 1.42. The zero-order valence-electron chi connectivity index (χ0n) is 8.95. The van der Waals surface area contributed by atoms with Crippen LogP contribution in [0.1, 0.15) is 17.8 Å². The predicted molar refractivity (Wildman–Crippen MR) is 58.5 cm³/mol. The van der Waals surface area contributed by atoms with Crippen molar-refractivity contribution in [3.63, 3.8) is 0 Å². The third-order valence-electron chi connectivity index (χ3n) is 2.29. The van der Waals surface area contributed by atoms with Gasteiger partial charge in [0.15, 0.2) is 5.82 Å². The molecule has 0 aliphatic rings. The van der Waals surface area contributed by atoms with Crippen LogP contribution in [0.15, 0.2) is 24.5 Å². The second-order valence-corrected chi connectivity index (χ2v) is 3.49. The van der Waals surface area contributed by atoms with Crippen LogP contribution in [0.4, 0.5) is 0 Å². The summed E-state index contributed by atoms with van der Waals surface area (Å²) in [5.74, 6) is 0.861. The molecule has 2 aromatic rings. The molecule has 0 aromatic carbocycles. The molecule has 2 heterocycles. The number of hydrogen-bond acceptors (Lipinski definition) is 5. The molecule has 6 nitrogen and oxygen atoms in total. The van der Waals surface area contributed by atoms with Crippen LogP contribution in [-0.2, 0) is 13.0 Å². The molecule has 0 atom stereocenters. The molecular formula is C10H14N6. The number of aryl methyl sites for hydroxylation is 1. The molecule has 16 heavy (non-hydrogen) atoms. The van der Waals surface area contributed by atoms with Crippen LogP contribution >= 0.6 is 0 Å². The Morgan fingerprint density at radius 1 is 1.25 bits per heavy atom. The van der Waals surface area contributed by atoms with E-state index in [4.69, 9.17) is 5.73 Å². The molecule has 2 N–H and O–H groups in total. The molecular weight excluding hydrogens is 204 g/mol. The lowest BCUT2D eigenvalue weighted by Crippen LogP contribution is -2.10. The van der Waals surface area contributed by atoms with E-state index < -0.39 is 0 Å². The standard InChI is InChI=1S/C10H14N6/c11-4-1-7-16-10(13-14-15-16)8-9-2-5-12-6-3-9/h2-3,5-6H,1,4,7-8,11H2. The molecule has 2 rings (SSSR count). The van der Waals surface area contributed by atoms with Crippen LogP contribution in [0.2, 0.25) is 0 Å². The fourth-order valence-corrected chi connectivity index (χ4v) is 1.45. The molecule has 84 valence electrons. The van der Waals surface area contributed by atoms with Crippen molar-refractivity contribution in [2.45, 2.75) is 19.4 Å². The number of nitrogens with zero attached hydrogens (tertiary/aromatic N) is 5. The molecule has 0 unspecified atom stereocenters. The molecule has 6 heteroatoms. The largest absolute Gasteiger partial charge is 0.330 e. The van der Waals surface area contributed by atoms with Crippen molar-refractivity contribution in [1.82, 2.24) is 25.2 Å². The van der Waals surface area contributed by atoms with Crippen molar-refractivity contribution in [1.29, 1.82) is 0 Å². The van der Waals surface area contributed by atoms with Crippen molar-refractivity contribution in [3.8, 4) is 0 Å². The minimum absolute atomic E-state index is 0.647. The molecule has 0 spiro atoms. The fraction of sp³-hybridized carbons (Fsp3) is 0.400. The second-order valence-electron chi connectivity index (χ2n) is 3.49. The van der Waals surface area contributed by atoms with E-state index in [0.717, 1.165) is 30.8 Å². The van der Waals surface area contributed by atoms with E-state index in [1.54, 1.807) is 17.1 Å². The Bertz CT molecular complexity index is 424. The van der Waals surface area contributed by atoms with Gasteiger partial charge in [-0.15, -0.1) is 5.10 Å². The van der Waals surface area contributed by atoms with Crippen molar-refractivity contribution in [2.24, 2.45) is 5.73 Å². The number of rotatable bonds is 5. The summed E-state index contributed by atoms with van der Waals surface area (Å²) in [7, 11) is 0. The average Bonchev–Trinajstić information content (AvgIpc) is 2.75. The van der Waals surface area contributed by atoms with Gasteiger partial charge in [-0.05, 0) is 41.1 Å². The molecule has 0 aliphatic carbocycles. The van der Waals surface area contributed by atoms with Gasteiger partial charge in [0, 0.05) is 25.4 Å². The van der Waals surface area contributed by atoms with Gasteiger partial charge < -0.3 is 5.73 Å². The van der Waals surface area contributed by atoms with E-state index >= 15 is 0 Å². The van der Waals surface area contributed by atoms with Crippen LogP contribution in [-0.4, -0.2) is 31.7 Å². The smallest absolute Gasteiger partial charge is 0.155 e. The summed E-state index contributed by atoms with van der Waals surface area (Å²) in [5, 5.41) is 11.6. The zero-order chi connectivity index (χ0) is 11.2. The van der Waals surface area contributed by atoms with Gasteiger partial charge in [-0.25, -0.2) is 4.68 Å². The third kappa shape index (κ3) is 2.60. The van der Waals surface area contributed by atoms with Crippen LogP contribution in [0.5, 0.6) is 0 Å². The number of hydrogen-bond donors (Lipinski definition) is 1. The molecule has 0 saturated carbocycles. The van der Waals surface area contributed by atoms with Crippen molar-refractivity contribution < 1.29 is 0 Å². The van der Waals surface area contributed by atoms with Gasteiger partial charge in [0.2, 0.25) is 0 Å². The van der Waals surface area contributed by atoms with Gasteiger partial charge in [-0.2, -0.15) is 0 Å². The summed E-state index contributed by atoms with van der Waals surface area (Å²) < 4.78 is 1.80. The number of nitrogens with two attached hydrogens (primary N) is 1. The number of pyridine rings is 1. The summed E-state index contributed by atoms with van der Waals surface area (Å²) in [6.07, 6.45) is 5.14. The molecule has 0 aliphatic heterocycles. The fourth-order valence-electron chi connectivity index (χ4n) is 1.45. The molecule has 0 bridgehead atoms. The second kappa shape index (κ2) is 5.32. The molecule has 2 aromatic heterocycles. The van der Waals surface area contributed by atoms with Crippen molar-refractivity contribution >= 4 is 0 Å². The number of tetrazole rings is 1. The van der Waals surface area contributed by atoms with Crippen LogP contribution in [0, 0.1) is 0 Å². The minimum Gasteiger partial charge on any atom is -0.330 e. The highest BCUT2D eigenvalue weighted by atomic mass is 15.5. The van der Waals surface area contributed by atoms with Crippen molar-refractivity contribution in [3.05, 3.63) is 35.9 Å². The van der Waals surface area contributed by atoms with Gasteiger partial charge >= 0.3 is 0 Å². The highest BCUT2D eigenvalue weighted by molar-refractivity contribution is 5.14. The summed E-state index contributed by atoms with van der Waals surface area (Å²) in [5.41, 5.74) is 6.61. The first-order chi connectivity index (χ1) is 7.90. The predicted octanol–water partition coefficient (Wildman–Crippen LogP) is 0.00770. The first kappa shape index (κ1) is 10.7. The maximum Gasteiger partial charge on any atom is 0.155 e. The lowest BCUT2D eigenvalue weighted by molar-refractivity contribution is 0.547. The van der Waals surface area contributed by atoms with E-state index in [1.165, 1.54) is 0 Å². The van der Waals surface area contributed by atoms with Crippen LogP contribution in [0.3, 0.4) is 0 Å². The maximum absolute atomic E-state index is 5.46. The Kier molecular flexibility index (Phi) is 3.55. The first-order valence-corrected chi connectivity index (χ1v) is 5.24. The molecule has 0 radical (unpaired) electrons. The normalized spacial score (nSPS) is 10.6. The van der Waals surface area contributed by atoms with Crippen LogP contribution in [0.25, 0.3) is 0 Å². The Hall–Kier alpha value is -1.82. The lowest BCUT2D eigenvalue weighted by atomic mass is 10.2. The van der Waals surface area contributed by atoms with E-state index in [9.17, 15) is 0 Å². The van der Waals surface area contributed by atoms with E-state index in [1.807, 2.05) is 12.1 Å². The first-order valence-electron chi connectivity index (χ1n) is 5.24. The van der Waals surface area contributed by atoms with Gasteiger partial charge in [-0.1, -0.05) is 0 Å². The topological polar surface area (TPSA) is 82.5 Å². The van der Waals surface area contributed by atoms with E-state index in [-0.39, 0.29) is 0 Å². The Morgan fingerprint density at radius 2 is 2.06 bits per heavy atom. The summed E-state index contributed by atoms with van der Waals surface area (Å²) in [4.78, 5) is 3.97. The summed E-state index contributed by atoms with van der Waals surface area (Å²) in [6, 6.07) is 3.92. The minimum atomic E-state index is 0.647.